The molecular formula is C7H14NO5PS. The summed E-state index contributed by atoms with van der Waals surface area (Å²) in [5.74, 6) is -0.339. The van der Waals surface area contributed by atoms with Crippen LogP contribution in [-0.2, 0) is 19.4 Å². The van der Waals surface area contributed by atoms with Gasteiger partial charge in [-0.2, -0.15) is 4.31 Å². The minimum absolute atomic E-state index is 0.339. The summed E-state index contributed by atoms with van der Waals surface area (Å²) in [6.45, 7) is 0. The first kappa shape index (κ1) is 12.8. The lowest BCUT2D eigenvalue weighted by molar-refractivity contribution is -0.113. The number of rotatable bonds is 5. The van der Waals surface area contributed by atoms with Gasteiger partial charge in [0, 0.05) is 13.0 Å². The van der Waals surface area contributed by atoms with Crippen LogP contribution in [0.3, 0.4) is 0 Å². The summed E-state index contributed by atoms with van der Waals surface area (Å²) in [7, 11) is -6.37. The third kappa shape index (κ3) is 3.38. The Bertz CT molecular complexity index is 413. The van der Waals surface area contributed by atoms with Gasteiger partial charge in [0.05, 0.1) is 12.5 Å². The summed E-state index contributed by atoms with van der Waals surface area (Å²) in [4.78, 5) is 20.8. The average molecular weight is 255 g/mol. The van der Waals surface area contributed by atoms with Gasteiger partial charge >= 0.3 is 0 Å². The molecule has 8 heteroatoms. The Morgan fingerprint density at radius 2 is 2.00 bits per heavy atom. The summed E-state index contributed by atoms with van der Waals surface area (Å²) in [6, 6.07) is 0. The minimum atomic E-state index is -4.02. The van der Waals surface area contributed by atoms with E-state index in [4.69, 9.17) is 0 Å². The number of sulfonamides is 1. The summed E-state index contributed by atoms with van der Waals surface area (Å²) in [6.07, 6.45) is 1.56. The fourth-order valence-electron chi connectivity index (χ4n) is 1.06. The SMILES string of the molecule is CN(CP(=O)(O)C(=O)C1CC1)S(C)(=O)=O. The van der Waals surface area contributed by atoms with Crippen LogP contribution in [0.5, 0.6) is 0 Å². The highest BCUT2D eigenvalue weighted by Crippen LogP contribution is 2.50. The van der Waals surface area contributed by atoms with Crippen molar-refractivity contribution in [1.29, 1.82) is 0 Å². The fraction of sp³-hybridized carbons (Fsp3) is 0.857. The second-order valence-electron chi connectivity index (χ2n) is 3.82. The predicted octanol–water partition coefficient (Wildman–Crippen LogP) is 0.0423. The number of carbonyl (C=O) groups is 1. The van der Waals surface area contributed by atoms with Gasteiger partial charge in [0.2, 0.25) is 15.5 Å². The highest BCUT2D eigenvalue weighted by atomic mass is 32.2. The third-order valence-electron chi connectivity index (χ3n) is 2.23. The molecule has 15 heavy (non-hydrogen) atoms. The lowest BCUT2D eigenvalue weighted by Crippen LogP contribution is -2.28. The van der Waals surface area contributed by atoms with Crippen LogP contribution in [0, 0.1) is 5.92 Å². The quantitative estimate of drug-likeness (QED) is 0.700. The average Bonchev–Trinajstić information content (AvgIpc) is 2.82. The van der Waals surface area contributed by atoms with Crippen molar-refractivity contribution in [3.63, 3.8) is 0 Å². The molecule has 0 aromatic heterocycles. The summed E-state index contributed by atoms with van der Waals surface area (Å²) < 4.78 is 34.3. The van der Waals surface area contributed by atoms with Gasteiger partial charge in [0.15, 0.2) is 0 Å². The van der Waals surface area contributed by atoms with Crippen molar-refractivity contribution in [3.8, 4) is 0 Å². The van der Waals surface area contributed by atoms with Gasteiger partial charge in [0.1, 0.15) is 0 Å². The number of hydrogen-bond donors (Lipinski definition) is 1. The first-order valence-electron chi connectivity index (χ1n) is 4.42. The molecule has 1 N–H and O–H groups in total. The van der Waals surface area contributed by atoms with E-state index >= 15 is 0 Å². The third-order valence-corrected chi connectivity index (χ3v) is 5.54. The molecule has 1 unspecified atom stereocenters. The monoisotopic (exact) mass is 255 g/mol. The molecule has 0 heterocycles. The van der Waals surface area contributed by atoms with Crippen LogP contribution in [0.4, 0.5) is 0 Å². The number of hydrogen-bond acceptors (Lipinski definition) is 4. The van der Waals surface area contributed by atoms with Crippen LogP contribution in [0.25, 0.3) is 0 Å². The number of carbonyl (C=O) groups excluding carboxylic acids is 1. The lowest BCUT2D eigenvalue weighted by atomic mass is 10.5. The van der Waals surface area contributed by atoms with Crippen LogP contribution in [0.2, 0.25) is 0 Å². The maximum absolute atomic E-state index is 11.6. The fourth-order valence-corrected chi connectivity index (χ4v) is 3.88. The van der Waals surface area contributed by atoms with Crippen molar-refractivity contribution >= 4 is 22.9 Å². The van der Waals surface area contributed by atoms with Gasteiger partial charge in [-0.25, -0.2) is 8.42 Å². The van der Waals surface area contributed by atoms with Crippen molar-refractivity contribution in [3.05, 3.63) is 0 Å². The molecule has 1 atom stereocenters. The van der Waals surface area contributed by atoms with E-state index in [2.05, 4.69) is 0 Å². The largest absolute Gasteiger partial charge is 0.338 e. The highest BCUT2D eigenvalue weighted by Gasteiger charge is 2.42. The van der Waals surface area contributed by atoms with Crippen LogP contribution in [-0.4, -0.2) is 42.7 Å². The van der Waals surface area contributed by atoms with Crippen molar-refractivity contribution in [1.82, 2.24) is 4.31 Å². The zero-order valence-electron chi connectivity index (χ0n) is 8.58. The summed E-state index contributed by atoms with van der Waals surface area (Å²) in [5, 5.41) is 0. The maximum atomic E-state index is 11.6. The molecule has 0 bridgehead atoms. The van der Waals surface area contributed by atoms with E-state index in [1.165, 1.54) is 7.05 Å². The van der Waals surface area contributed by atoms with E-state index in [1.54, 1.807) is 0 Å². The van der Waals surface area contributed by atoms with Crippen LogP contribution >= 0.6 is 7.37 Å². The summed E-state index contributed by atoms with van der Waals surface area (Å²) in [5.41, 5.74) is -0.696. The van der Waals surface area contributed by atoms with Crippen molar-refractivity contribution in [2.45, 2.75) is 12.8 Å². The Labute approximate surface area is 88.8 Å². The molecule has 0 amide bonds. The molecule has 1 aliphatic carbocycles. The van der Waals surface area contributed by atoms with E-state index in [9.17, 15) is 22.7 Å². The van der Waals surface area contributed by atoms with E-state index in [-0.39, 0.29) is 5.92 Å². The van der Waals surface area contributed by atoms with Crippen LogP contribution < -0.4 is 0 Å². The van der Waals surface area contributed by atoms with Gasteiger partial charge in [-0.3, -0.25) is 9.36 Å². The van der Waals surface area contributed by atoms with E-state index < -0.39 is 29.2 Å². The number of nitrogens with zero attached hydrogens (tertiary/aromatic N) is 1. The van der Waals surface area contributed by atoms with Crippen molar-refractivity contribution in [2.24, 2.45) is 5.92 Å². The first-order valence-corrected chi connectivity index (χ1v) is 8.11. The zero-order chi connectivity index (χ0) is 11.9. The summed E-state index contributed by atoms with van der Waals surface area (Å²) >= 11 is 0. The van der Waals surface area contributed by atoms with Gasteiger partial charge < -0.3 is 4.89 Å². The van der Waals surface area contributed by atoms with Crippen LogP contribution in [0.15, 0.2) is 0 Å². The van der Waals surface area contributed by atoms with Crippen molar-refractivity contribution in [2.75, 3.05) is 19.6 Å². The molecule has 6 nitrogen and oxygen atoms in total. The van der Waals surface area contributed by atoms with Gasteiger partial charge in [-0.15, -0.1) is 0 Å². The van der Waals surface area contributed by atoms with Gasteiger partial charge in [0.25, 0.3) is 7.37 Å². The van der Waals surface area contributed by atoms with E-state index in [0.717, 1.165) is 10.6 Å². The molecule has 0 aromatic carbocycles. The normalized spacial score (nSPS) is 21.3. The Hall–Kier alpha value is -0.230. The van der Waals surface area contributed by atoms with Crippen molar-refractivity contribution < 1.29 is 22.7 Å². The smallest absolute Gasteiger partial charge is 0.279 e. The molecule has 1 fully saturated rings. The van der Waals surface area contributed by atoms with E-state index in [0.29, 0.717) is 12.8 Å². The molecule has 0 spiro atoms. The zero-order valence-corrected chi connectivity index (χ0v) is 10.3. The molecule has 88 valence electrons. The molecule has 1 rings (SSSR count). The van der Waals surface area contributed by atoms with Gasteiger partial charge in [-0.1, -0.05) is 0 Å². The van der Waals surface area contributed by atoms with Crippen LogP contribution in [0.1, 0.15) is 12.8 Å². The minimum Gasteiger partial charge on any atom is -0.338 e. The standard InChI is InChI=1S/C7H14NO5PS/c1-8(15(2,12)13)5-14(10,11)7(9)6-3-4-6/h6H,3-5H2,1-2H3,(H,10,11). The second kappa shape index (κ2) is 3.97. The lowest BCUT2D eigenvalue weighted by Gasteiger charge is -2.17. The highest BCUT2D eigenvalue weighted by molar-refractivity contribution is 7.89. The predicted molar refractivity (Wildman–Crippen MR) is 55.0 cm³/mol. The topological polar surface area (TPSA) is 91.8 Å². The Morgan fingerprint density at radius 3 is 2.33 bits per heavy atom. The first-order chi connectivity index (χ1) is 6.64. The Balaban J connectivity index is 2.71. The molecule has 0 aromatic rings. The Kier molecular flexibility index (Phi) is 3.40. The second-order valence-corrected chi connectivity index (χ2v) is 8.03. The molecule has 1 aliphatic rings. The van der Waals surface area contributed by atoms with E-state index in [1.807, 2.05) is 0 Å². The van der Waals surface area contributed by atoms with Gasteiger partial charge in [-0.05, 0) is 12.8 Å². The molecular weight excluding hydrogens is 241 g/mol. The molecule has 1 saturated carbocycles. The molecule has 0 radical (unpaired) electrons. The molecule has 0 aliphatic heterocycles. The maximum Gasteiger partial charge on any atom is 0.279 e. The molecule has 0 saturated heterocycles. The Morgan fingerprint density at radius 1 is 1.53 bits per heavy atom.